The largest absolute Gasteiger partial charge is 0.382 e. The van der Waals surface area contributed by atoms with Gasteiger partial charge in [-0.05, 0) is 47.5 Å². The lowest BCUT2D eigenvalue weighted by Crippen LogP contribution is -2.16. The molecule has 0 amide bonds. The predicted molar refractivity (Wildman–Crippen MR) is 161 cm³/mol. The Kier molecular flexibility index (Phi) is 6.12. The third-order valence-corrected chi connectivity index (χ3v) is 7.52. The Morgan fingerprint density at radius 2 is 1.26 bits per heavy atom. The molecule has 10 nitrogen and oxygen atoms in total. The number of aromatic nitrogens is 6. The molecule has 11 heteroatoms. The number of hydrogen-bond donors (Lipinski definition) is 3. The summed E-state index contributed by atoms with van der Waals surface area (Å²) in [6.07, 6.45) is 0.659. The van der Waals surface area contributed by atoms with Gasteiger partial charge in [0.1, 0.15) is 5.82 Å². The van der Waals surface area contributed by atoms with E-state index in [0.29, 0.717) is 50.4 Å². The molecule has 0 aliphatic carbocycles. The molecule has 0 saturated carbocycles. The molecule has 4 aromatic carbocycles. The monoisotopic (exact) mass is 571 g/mol. The number of fused-ring (bicyclic) bond motifs is 3. The molecule has 0 fully saturated rings. The van der Waals surface area contributed by atoms with Crippen LogP contribution in [0.25, 0.3) is 32.4 Å². The van der Waals surface area contributed by atoms with E-state index in [1.54, 1.807) is 42.5 Å². The fraction of sp³-hybridized carbons (Fsp3) is 0.0625. The maximum Gasteiger partial charge on any atom is 0.281 e. The summed E-state index contributed by atoms with van der Waals surface area (Å²) in [5.41, 5.74) is 8.63. The van der Waals surface area contributed by atoms with Crippen molar-refractivity contribution in [3.05, 3.63) is 140 Å². The van der Waals surface area contributed by atoms with E-state index >= 15 is 4.39 Å². The highest BCUT2D eigenvalue weighted by atomic mass is 19.1. The number of aromatic amines is 2. The fourth-order valence-electron chi connectivity index (χ4n) is 5.41. The van der Waals surface area contributed by atoms with Gasteiger partial charge in [-0.15, -0.1) is 5.10 Å². The predicted octanol–water partition coefficient (Wildman–Crippen LogP) is 4.10. The Hall–Kier alpha value is -5.97. The number of hydrogen-bond acceptors (Lipinski definition) is 7. The molecule has 0 spiro atoms. The van der Waals surface area contributed by atoms with Crippen molar-refractivity contribution in [3.63, 3.8) is 0 Å². The lowest BCUT2D eigenvalue weighted by Gasteiger charge is -2.09. The van der Waals surface area contributed by atoms with Crippen molar-refractivity contribution in [3.8, 4) is 0 Å². The Labute approximate surface area is 241 Å². The number of rotatable bonds is 5. The van der Waals surface area contributed by atoms with E-state index in [0.717, 1.165) is 15.6 Å². The van der Waals surface area contributed by atoms with E-state index in [1.165, 1.54) is 12.1 Å². The number of benzene rings is 4. The second-order valence-corrected chi connectivity index (χ2v) is 10.2. The highest BCUT2D eigenvalue weighted by molar-refractivity contribution is 6.04. The highest BCUT2D eigenvalue weighted by Crippen LogP contribution is 2.26. The van der Waals surface area contributed by atoms with Crippen molar-refractivity contribution >= 4 is 44.2 Å². The third kappa shape index (κ3) is 4.52. The van der Waals surface area contributed by atoms with Crippen molar-refractivity contribution in [1.82, 2.24) is 30.2 Å². The number of H-pyrrole nitrogens is 2. The van der Waals surface area contributed by atoms with Gasteiger partial charge in [-0.25, -0.2) is 14.6 Å². The van der Waals surface area contributed by atoms with E-state index in [-0.39, 0.29) is 28.9 Å². The molecule has 0 aliphatic heterocycles. The number of nitrogens with zero attached hydrogens (tertiary/aromatic N) is 4. The van der Waals surface area contributed by atoms with Crippen LogP contribution in [0.3, 0.4) is 0 Å². The summed E-state index contributed by atoms with van der Waals surface area (Å²) in [4.78, 5) is 37.9. The summed E-state index contributed by atoms with van der Waals surface area (Å²) < 4.78 is 16.1. The Balaban J connectivity index is 1.22. The number of carbonyl (C=O) groups excluding carboxylic acids is 1. The molecule has 210 valence electrons. The summed E-state index contributed by atoms with van der Waals surface area (Å²) in [6, 6.07) is 23.9. The molecule has 4 N–H and O–H groups in total. The smallest absolute Gasteiger partial charge is 0.281 e. The van der Waals surface area contributed by atoms with Crippen LogP contribution in [-0.4, -0.2) is 36.1 Å². The van der Waals surface area contributed by atoms with Gasteiger partial charge in [0.05, 0.1) is 33.2 Å². The average molecular weight is 572 g/mol. The summed E-state index contributed by atoms with van der Waals surface area (Å²) in [5, 5.41) is 20.7. The van der Waals surface area contributed by atoms with Crippen LogP contribution in [0.1, 0.15) is 32.9 Å². The molecule has 3 heterocycles. The van der Waals surface area contributed by atoms with Crippen LogP contribution in [0.2, 0.25) is 0 Å². The summed E-state index contributed by atoms with van der Waals surface area (Å²) in [5.74, 6) is -1.27. The van der Waals surface area contributed by atoms with Crippen LogP contribution in [-0.2, 0) is 12.8 Å². The minimum absolute atomic E-state index is 0.116. The molecule has 43 heavy (non-hydrogen) atoms. The molecule has 0 bridgehead atoms. The van der Waals surface area contributed by atoms with Gasteiger partial charge < -0.3 is 5.73 Å². The first-order valence-corrected chi connectivity index (χ1v) is 13.4. The van der Waals surface area contributed by atoms with Gasteiger partial charge in [-0.2, -0.15) is 14.9 Å². The molecule has 0 saturated heterocycles. The fourth-order valence-corrected chi connectivity index (χ4v) is 5.41. The maximum absolute atomic E-state index is 15.0. The lowest BCUT2D eigenvalue weighted by atomic mass is 10.0. The number of anilines is 1. The minimum Gasteiger partial charge on any atom is -0.382 e. The van der Waals surface area contributed by atoms with E-state index in [4.69, 9.17) is 5.73 Å². The van der Waals surface area contributed by atoms with Crippen LogP contribution in [0, 0.1) is 5.82 Å². The van der Waals surface area contributed by atoms with Crippen molar-refractivity contribution in [1.29, 1.82) is 0 Å². The number of nitrogens with two attached hydrogens (primary N) is 1. The van der Waals surface area contributed by atoms with Crippen LogP contribution in [0.5, 0.6) is 0 Å². The summed E-state index contributed by atoms with van der Waals surface area (Å²) in [7, 11) is 0. The second kappa shape index (κ2) is 10.1. The van der Waals surface area contributed by atoms with E-state index in [2.05, 4.69) is 25.5 Å². The van der Waals surface area contributed by atoms with Gasteiger partial charge in [-0.1, -0.05) is 48.5 Å². The van der Waals surface area contributed by atoms with Crippen molar-refractivity contribution in [2.45, 2.75) is 12.8 Å². The molecular formula is C32H22FN7O3. The van der Waals surface area contributed by atoms with Crippen LogP contribution < -0.4 is 16.9 Å². The minimum atomic E-state index is -0.706. The third-order valence-electron chi connectivity index (χ3n) is 7.52. The molecule has 0 atom stereocenters. The average Bonchev–Trinajstić information content (AvgIpc) is 3.36. The normalized spacial score (nSPS) is 11.5. The Morgan fingerprint density at radius 1 is 0.721 bits per heavy atom. The van der Waals surface area contributed by atoms with Crippen LogP contribution >= 0.6 is 0 Å². The lowest BCUT2D eigenvalue weighted by molar-refractivity contribution is 0.0946. The molecular weight excluding hydrogens is 549 g/mol. The highest BCUT2D eigenvalue weighted by Gasteiger charge is 2.21. The standard InChI is InChI=1S/C32H22FN7O3/c33-25-11-9-17(15-26-19-5-1-3-7-21(19)30(41)37-35-26)13-23(25)32(43)40-28-12-10-18(14-24(28)29(34)39-40)16-27-20-6-2-4-8-22(20)31(42)38-36-27/h1-14H,15-16H2,(H2,34,39)(H,37,41)(H,38,42). The van der Waals surface area contributed by atoms with E-state index in [1.807, 2.05) is 30.3 Å². The molecule has 7 aromatic rings. The topological polar surface area (TPSA) is 152 Å². The zero-order chi connectivity index (χ0) is 29.7. The molecule has 7 rings (SSSR count). The van der Waals surface area contributed by atoms with Gasteiger partial charge in [-0.3, -0.25) is 14.4 Å². The SMILES string of the molecule is Nc1nn(C(=O)c2cc(Cc3n[nH]c(=O)c4ccccc34)ccc2F)c2ccc(Cc3n[nH]c(=O)c4ccccc34)cc12. The van der Waals surface area contributed by atoms with E-state index < -0.39 is 11.7 Å². The van der Waals surface area contributed by atoms with Gasteiger partial charge in [0.25, 0.3) is 17.0 Å². The number of halogens is 1. The van der Waals surface area contributed by atoms with Gasteiger partial charge >= 0.3 is 0 Å². The Morgan fingerprint density at radius 3 is 1.86 bits per heavy atom. The van der Waals surface area contributed by atoms with Gasteiger partial charge in [0.2, 0.25) is 0 Å². The van der Waals surface area contributed by atoms with Crippen molar-refractivity contribution < 1.29 is 9.18 Å². The quantitative estimate of drug-likeness (QED) is 0.281. The first kappa shape index (κ1) is 26.0. The zero-order valence-corrected chi connectivity index (χ0v) is 22.5. The zero-order valence-electron chi connectivity index (χ0n) is 22.5. The first-order valence-electron chi connectivity index (χ1n) is 13.4. The van der Waals surface area contributed by atoms with Crippen molar-refractivity contribution in [2.75, 3.05) is 5.73 Å². The number of nitrogen functional groups attached to an aromatic ring is 1. The van der Waals surface area contributed by atoms with Crippen LogP contribution in [0.4, 0.5) is 10.2 Å². The molecule has 0 radical (unpaired) electrons. The van der Waals surface area contributed by atoms with Crippen molar-refractivity contribution in [2.24, 2.45) is 0 Å². The molecule has 3 aromatic heterocycles. The van der Waals surface area contributed by atoms with Crippen LogP contribution in [0.15, 0.2) is 94.5 Å². The second-order valence-electron chi connectivity index (χ2n) is 10.2. The van der Waals surface area contributed by atoms with Gasteiger partial charge in [0.15, 0.2) is 5.82 Å². The molecule has 0 aliphatic rings. The number of nitrogens with one attached hydrogen (secondary N) is 2. The van der Waals surface area contributed by atoms with Gasteiger partial charge in [0, 0.05) is 29.0 Å². The summed E-state index contributed by atoms with van der Waals surface area (Å²) in [6.45, 7) is 0. The molecule has 0 unspecified atom stereocenters. The maximum atomic E-state index is 15.0. The Bertz CT molecular complexity index is 2360. The first-order chi connectivity index (χ1) is 20.9. The van der Waals surface area contributed by atoms with E-state index in [9.17, 15) is 14.4 Å². The summed E-state index contributed by atoms with van der Waals surface area (Å²) >= 11 is 0. The number of carbonyl (C=O) groups is 1.